The summed E-state index contributed by atoms with van der Waals surface area (Å²) in [6, 6.07) is 17.0. The van der Waals surface area contributed by atoms with E-state index in [1.807, 2.05) is 61.5 Å². The first kappa shape index (κ1) is 19.3. The summed E-state index contributed by atoms with van der Waals surface area (Å²) in [7, 11) is 1.77. The number of hydrogen-bond donors (Lipinski definition) is 1. The Labute approximate surface area is 172 Å². The van der Waals surface area contributed by atoms with Gasteiger partial charge in [-0.2, -0.15) is 0 Å². The largest absolute Gasteiger partial charge is 0.318 e. The summed E-state index contributed by atoms with van der Waals surface area (Å²) in [5.41, 5.74) is 3.22. The Morgan fingerprint density at radius 2 is 1.73 bits per heavy atom. The Morgan fingerprint density at radius 3 is 2.43 bits per heavy atom. The van der Waals surface area contributed by atoms with Crippen molar-refractivity contribution in [2.75, 3.05) is 5.32 Å². The van der Waals surface area contributed by atoms with Crippen molar-refractivity contribution in [3.63, 3.8) is 0 Å². The zero-order valence-electron chi connectivity index (χ0n) is 16.9. The number of tetrazole rings is 1. The van der Waals surface area contributed by atoms with Crippen molar-refractivity contribution in [1.29, 1.82) is 0 Å². The molecule has 2 heterocycles. The molecular formula is C21H21N7O2. The van der Waals surface area contributed by atoms with Crippen molar-refractivity contribution in [1.82, 2.24) is 29.6 Å². The van der Waals surface area contributed by atoms with E-state index in [-0.39, 0.29) is 23.7 Å². The molecule has 1 N–H and O–H groups in total. The summed E-state index contributed by atoms with van der Waals surface area (Å²) in [6.07, 6.45) is 0. The third-order valence-electron chi connectivity index (χ3n) is 4.95. The molecule has 0 radical (unpaired) electrons. The van der Waals surface area contributed by atoms with Crippen LogP contribution < -0.4 is 10.9 Å². The Morgan fingerprint density at radius 1 is 1.03 bits per heavy atom. The predicted molar refractivity (Wildman–Crippen MR) is 112 cm³/mol. The van der Waals surface area contributed by atoms with Crippen LogP contribution in [0.1, 0.15) is 11.3 Å². The third-order valence-corrected chi connectivity index (χ3v) is 4.95. The number of anilines is 1. The normalized spacial score (nSPS) is 10.9. The minimum Gasteiger partial charge on any atom is -0.318 e. The molecule has 0 spiro atoms. The second-order valence-corrected chi connectivity index (χ2v) is 7.01. The van der Waals surface area contributed by atoms with Gasteiger partial charge >= 0.3 is 0 Å². The van der Waals surface area contributed by atoms with Crippen LogP contribution >= 0.6 is 0 Å². The molecule has 0 aliphatic carbocycles. The highest BCUT2D eigenvalue weighted by atomic mass is 16.2. The molecule has 152 valence electrons. The van der Waals surface area contributed by atoms with Crippen molar-refractivity contribution in [2.24, 2.45) is 7.05 Å². The van der Waals surface area contributed by atoms with Crippen LogP contribution in [0.25, 0.3) is 17.1 Å². The summed E-state index contributed by atoms with van der Waals surface area (Å²) in [4.78, 5) is 25.6. The van der Waals surface area contributed by atoms with E-state index in [2.05, 4.69) is 20.8 Å². The predicted octanol–water partition coefficient (Wildman–Crippen LogP) is 2.09. The summed E-state index contributed by atoms with van der Waals surface area (Å²) in [6.45, 7) is 3.66. The number of amides is 1. The third kappa shape index (κ3) is 3.52. The molecule has 4 aromatic rings. The monoisotopic (exact) mass is 403 g/mol. The number of carbonyl (C=O) groups excluding carboxylic acids is 1. The van der Waals surface area contributed by atoms with E-state index in [4.69, 9.17) is 0 Å². The fourth-order valence-electron chi connectivity index (χ4n) is 3.25. The highest BCUT2D eigenvalue weighted by molar-refractivity contribution is 5.91. The van der Waals surface area contributed by atoms with Gasteiger partial charge in [-0.05, 0) is 36.4 Å². The highest BCUT2D eigenvalue weighted by Crippen LogP contribution is 2.17. The van der Waals surface area contributed by atoms with E-state index in [0.29, 0.717) is 11.5 Å². The van der Waals surface area contributed by atoms with Gasteiger partial charge in [0.15, 0.2) is 5.82 Å². The zero-order chi connectivity index (χ0) is 21.3. The molecule has 0 unspecified atom stereocenters. The Kier molecular flexibility index (Phi) is 5.01. The van der Waals surface area contributed by atoms with E-state index in [0.717, 1.165) is 16.8 Å². The van der Waals surface area contributed by atoms with Gasteiger partial charge in [-0.1, -0.05) is 48.0 Å². The van der Waals surface area contributed by atoms with Crippen LogP contribution in [-0.4, -0.2) is 35.5 Å². The van der Waals surface area contributed by atoms with Crippen LogP contribution in [0.3, 0.4) is 0 Å². The first-order valence-electron chi connectivity index (χ1n) is 9.43. The molecule has 4 rings (SSSR count). The molecule has 0 bridgehead atoms. The van der Waals surface area contributed by atoms with E-state index >= 15 is 0 Å². The highest BCUT2D eigenvalue weighted by Gasteiger charge is 2.19. The van der Waals surface area contributed by atoms with Gasteiger partial charge in [0.1, 0.15) is 12.2 Å². The van der Waals surface area contributed by atoms with Crippen molar-refractivity contribution in [3.05, 3.63) is 76.2 Å². The summed E-state index contributed by atoms with van der Waals surface area (Å²) in [5, 5.41) is 14.4. The number of nitrogens with zero attached hydrogens (tertiary/aromatic N) is 6. The SMILES string of the molecule is Cc1ccc(-c2nnnn2CC(=O)Nc2c(C)n(C)n(-c3ccccc3)c2=O)cc1. The van der Waals surface area contributed by atoms with Crippen molar-refractivity contribution >= 4 is 11.6 Å². The standard InChI is InChI=1S/C21H21N7O2/c1-14-9-11-16(12-10-14)20-23-24-25-27(20)13-18(29)22-19-15(2)26(3)28(21(19)30)17-7-5-4-6-8-17/h4-12H,13H2,1-3H3,(H,22,29). The van der Waals surface area contributed by atoms with Crippen molar-refractivity contribution in [3.8, 4) is 17.1 Å². The molecule has 30 heavy (non-hydrogen) atoms. The summed E-state index contributed by atoms with van der Waals surface area (Å²) < 4.78 is 4.63. The molecule has 0 saturated carbocycles. The average molecular weight is 403 g/mol. The quantitative estimate of drug-likeness (QED) is 0.550. The van der Waals surface area contributed by atoms with Gasteiger partial charge in [-0.25, -0.2) is 9.36 Å². The maximum atomic E-state index is 12.9. The maximum absolute atomic E-state index is 12.9. The second kappa shape index (κ2) is 7.78. The van der Waals surface area contributed by atoms with Crippen LogP contribution in [0.5, 0.6) is 0 Å². The number of aromatic nitrogens is 6. The second-order valence-electron chi connectivity index (χ2n) is 7.01. The van der Waals surface area contributed by atoms with Gasteiger partial charge in [0.05, 0.1) is 11.4 Å². The van der Waals surface area contributed by atoms with Crippen LogP contribution in [0.15, 0.2) is 59.4 Å². The minimum atomic E-state index is -0.387. The lowest BCUT2D eigenvalue weighted by Gasteiger charge is -2.07. The summed E-state index contributed by atoms with van der Waals surface area (Å²) >= 11 is 0. The fourth-order valence-corrected chi connectivity index (χ4v) is 3.25. The van der Waals surface area contributed by atoms with Crippen LogP contribution in [0.2, 0.25) is 0 Å². The number of rotatable bonds is 5. The molecule has 2 aromatic carbocycles. The molecule has 0 fully saturated rings. The molecule has 9 heteroatoms. The number of nitrogens with one attached hydrogen (secondary N) is 1. The van der Waals surface area contributed by atoms with Crippen molar-refractivity contribution in [2.45, 2.75) is 20.4 Å². The lowest BCUT2D eigenvalue weighted by Crippen LogP contribution is -2.25. The van der Waals surface area contributed by atoms with Gasteiger partial charge < -0.3 is 5.32 Å². The molecule has 0 aliphatic rings. The molecule has 1 amide bonds. The average Bonchev–Trinajstić information content (AvgIpc) is 3.28. The number of benzene rings is 2. The van der Waals surface area contributed by atoms with Gasteiger partial charge in [0.2, 0.25) is 5.91 Å². The van der Waals surface area contributed by atoms with Crippen LogP contribution in [0.4, 0.5) is 5.69 Å². The minimum absolute atomic E-state index is 0.116. The van der Waals surface area contributed by atoms with Gasteiger partial charge in [-0.3, -0.25) is 14.3 Å². The molecule has 9 nitrogen and oxygen atoms in total. The number of hydrogen-bond acceptors (Lipinski definition) is 5. The molecule has 0 saturated heterocycles. The molecular weight excluding hydrogens is 382 g/mol. The molecule has 2 aromatic heterocycles. The number of aryl methyl sites for hydroxylation is 1. The van der Waals surface area contributed by atoms with E-state index in [1.54, 1.807) is 18.7 Å². The topological polar surface area (TPSA) is 99.6 Å². The zero-order valence-corrected chi connectivity index (χ0v) is 16.9. The van der Waals surface area contributed by atoms with E-state index in [9.17, 15) is 9.59 Å². The van der Waals surface area contributed by atoms with Gasteiger partial charge in [0, 0.05) is 12.6 Å². The number of para-hydroxylation sites is 1. The van der Waals surface area contributed by atoms with E-state index < -0.39 is 0 Å². The van der Waals surface area contributed by atoms with Gasteiger partial charge in [0.25, 0.3) is 5.56 Å². The molecule has 0 atom stereocenters. The number of carbonyl (C=O) groups is 1. The first-order valence-corrected chi connectivity index (χ1v) is 9.43. The van der Waals surface area contributed by atoms with Crippen molar-refractivity contribution < 1.29 is 4.79 Å². The Bertz CT molecular complexity index is 1250. The smallest absolute Gasteiger partial charge is 0.295 e. The van der Waals surface area contributed by atoms with E-state index in [1.165, 1.54) is 9.36 Å². The Balaban J connectivity index is 1.59. The lowest BCUT2D eigenvalue weighted by atomic mass is 10.1. The maximum Gasteiger partial charge on any atom is 0.295 e. The fraction of sp³-hybridized carbons (Fsp3) is 0.190. The summed E-state index contributed by atoms with van der Waals surface area (Å²) in [5.74, 6) is 0.0957. The van der Waals surface area contributed by atoms with Crippen LogP contribution in [-0.2, 0) is 18.4 Å². The van der Waals surface area contributed by atoms with Gasteiger partial charge in [-0.15, -0.1) is 5.10 Å². The Hall–Kier alpha value is -4.01. The van der Waals surface area contributed by atoms with Crippen LogP contribution in [0, 0.1) is 13.8 Å². The molecule has 0 aliphatic heterocycles. The first-order chi connectivity index (χ1) is 14.5. The lowest BCUT2D eigenvalue weighted by molar-refractivity contribution is -0.116.